The van der Waals surface area contributed by atoms with Gasteiger partial charge in [-0.2, -0.15) is 13.2 Å². The lowest BCUT2D eigenvalue weighted by molar-refractivity contribution is -0.322. The summed E-state index contributed by atoms with van der Waals surface area (Å²) in [6, 6.07) is 6.03. The fourth-order valence-corrected chi connectivity index (χ4v) is 3.96. The molecule has 5 nitrogen and oxygen atoms in total. The van der Waals surface area contributed by atoms with Crippen LogP contribution in [0, 0.1) is 5.92 Å². The summed E-state index contributed by atoms with van der Waals surface area (Å²) in [6.45, 7) is 0. The van der Waals surface area contributed by atoms with Gasteiger partial charge in [0.2, 0.25) is 0 Å². The Kier molecular flexibility index (Phi) is 4.96. The lowest BCUT2D eigenvalue weighted by atomic mass is 9.78. The van der Waals surface area contributed by atoms with Gasteiger partial charge in [0, 0.05) is 12.1 Å². The molecular formula is C17H14ClF3N2O3S. The molecule has 1 aromatic carbocycles. The lowest BCUT2D eigenvalue weighted by Gasteiger charge is -2.49. The van der Waals surface area contributed by atoms with Gasteiger partial charge < -0.3 is 10.4 Å². The van der Waals surface area contributed by atoms with Gasteiger partial charge in [0.1, 0.15) is 5.92 Å². The molecule has 0 bridgehead atoms. The number of benzene rings is 1. The van der Waals surface area contributed by atoms with Crippen molar-refractivity contribution >= 4 is 34.8 Å². The van der Waals surface area contributed by atoms with Crippen molar-refractivity contribution in [3.63, 3.8) is 0 Å². The second-order valence-electron chi connectivity index (χ2n) is 6.08. The maximum Gasteiger partial charge on any atom is 0.437 e. The Morgan fingerprint density at radius 3 is 2.44 bits per heavy atom. The summed E-state index contributed by atoms with van der Waals surface area (Å²) in [5, 5.41) is 14.9. The number of urea groups is 1. The number of Topliss-reactive ketones (excluding diaryl/α,β-unsaturated/α-hetero) is 1. The molecular weight excluding hydrogens is 405 g/mol. The molecule has 0 saturated carbocycles. The van der Waals surface area contributed by atoms with Crippen molar-refractivity contribution in [2.75, 3.05) is 7.05 Å². The van der Waals surface area contributed by atoms with E-state index in [1.165, 1.54) is 36.4 Å². The van der Waals surface area contributed by atoms with Gasteiger partial charge in [-0.05, 0) is 29.1 Å². The average molecular weight is 419 g/mol. The lowest BCUT2D eigenvalue weighted by Crippen LogP contribution is -2.72. The van der Waals surface area contributed by atoms with Gasteiger partial charge in [-0.15, -0.1) is 11.3 Å². The van der Waals surface area contributed by atoms with Crippen LogP contribution >= 0.6 is 22.9 Å². The Hall–Kier alpha value is -2.10. The Balaban J connectivity index is 2.19. The molecule has 0 unspecified atom stereocenters. The van der Waals surface area contributed by atoms with Gasteiger partial charge in [0.25, 0.3) is 5.72 Å². The summed E-state index contributed by atoms with van der Waals surface area (Å²) in [5.41, 5.74) is -3.46. The van der Waals surface area contributed by atoms with Crippen molar-refractivity contribution in [2.45, 2.75) is 17.9 Å². The first-order valence-corrected chi connectivity index (χ1v) is 8.99. The SMILES string of the molecule is CN1C(=O)N[C@H](c2ccc(Cl)cc2)[C@H](C(=O)c2cccs2)[C@@]1(O)C(F)(F)F. The monoisotopic (exact) mass is 418 g/mol. The number of nitrogens with zero attached hydrogens (tertiary/aromatic N) is 1. The number of alkyl halides is 3. The third-order valence-corrected chi connectivity index (χ3v) is 5.69. The van der Waals surface area contributed by atoms with Crippen molar-refractivity contribution in [3.8, 4) is 0 Å². The van der Waals surface area contributed by atoms with E-state index in [2.05, 4.69) is 5.32 Å². The van der Waals surface area contributed by atoms with E-state index >= 15 is 0 Å². The van der Waals surface area contributed by atoms with Crippen LogP contribution in [0.5, 0.6) is 0 Å². The van der Waals surface area contributed by atoms with Crippen molar-refractivity contribution < 1.29 is 27.9 Å². The highest BCUT2D eigenvalue weighted by Crippen LogP contribution is 2.47. The molecule has 0 aliphatic carbocycles. The van der Waals surface area contributed by atoms with E-state index < -0.39 is 35.7 Å². The molecule has 10 heteroatoms. The van der Waals surface area contributed by atoms with Crippen LogP contribution in [0.3, 0.4) is 0 Å². The van der Waals surface area contributed by atoms with Gasteiger partial charge in [-0.1, -0.05) is 29.8 Å². The van der Waals surface area contributed by atoms with E-state index in [4.69, 9.17) is 11.6 Å². The summed E-state index contributed by atoms with van der Waals surface area (Å²) >= 11 is 6.78. The molecule has 3 rings (SSSR count). The predicted molar refractivity (Wildman–Crippen MR) is 93.6 cm³/mol. The maximum absolute atomic E-state index is 13.9. The molecule has 2 N–H and O–H groups in total. The van der Waals surface area contributed by atoms with Crippen LogP contribution < -0.4 is 5.32 Å². The van der Waals surface area contributed by atoms with Gasteiger partial charge in [-0.3, -0.25) is 9.69 Å². The zero-order chi connectivity index (χ0) is 20.0. The quantitative estimate of drug-likeness (QED) is 0.744. The van der Waals surface area contributed by atoms with Gasteiger partial charge >= 0.3 is 12.2 Å². The van der Waals surface area contributed by atoms with Crippen molar-refractivity contribution in [2.24, 2.45) is 5.92 Å². The van der Waals surface area contributed by atoms with Gasteiger partial charge in [-0.25, -0.2) is 4.79 Å². The minimum atomic E-state index is -5.26. The molecule has 3 atom stereocenters. The van der Waals surface area contributed by atoms with E-state index in [-0.39, 0.29) is 15.3 Å². The first-order chi connectivity index (χ1) is 12.6. The molecule has 1 saturated heterocycles. The highest BCUT2D eigenvalue weighted by atomic mass is 35.5. The number of thiophene rings is 1. The number of nitrogens with one attached hydrogen (secondary N) is 1. The predicted octanol–water partition coefficient (Wildman–Crippen LogP) is 3.85. The topological polar surface area (TPSA) is 69.6 Å². The fraction of sp³-hybridized carbons (Fsp3) is 0.294. The number of aliphatic hydroxyl groups is 1. The highest BCUT2D eigenvalue weighted by Gasteiger charge is 2.69. The first-order valence-electron chi connectivity index (χ1n) is 7.74. The van der Waals surface area contributed by atoms with Crippen LogP contribution in [-0.4, -0.2) is 40.8 Å². The number of halogens is 4. The van der Waals surface area contributed by atoms with Gasteiger partial charge in [0.05, 0.1) is 10.9 Å². The maximum atomic E-state index is 13.9. The summed E-state index contributed by atoms with van der Waals surface area (Å²) in [4.78, 5) is 25.3. The molecule has 144 valence electrons. The fourth-order valence-electron chi connectivity index (χ4n) is 3.13. The van der Waals surface area contributed by atoms with E-state index in [0.717, 1.165) is 18.4 Å². The van der Waals surface area contributed by atoms with Crippen LogP contribution in [0.15, 0.2) is 41.8 Å². The molecule has 1 aromatic heterocycles. The number of hydrogen-bond donors (Lipinski definition) is 2. The molecule has 2 amide bonds. The van der Waals surface area contributed by atoms with E-state index in [9.17, 15) is 27.9 Å². The number of ketones is 1. The van der Waals surface area contributed by atoms with E-state index in [0.29, 0.717) is 5.02 Å². The number of carbonyl (C=O) groups is 2. The standard InChI is InChI=1S/C17H14ClF3N2O3S/c1-23-15(25)22-13(9-4-6-10(18)7-5-9)12(16(23,26)17(19,20)21)14(24)11-3-2-8-27-11/h2-8,12-13,26H,1H3,(H,22,25)/t12-,13-,16-/m1/s1. The molecule has 1 fully saturated rings. The van der Waals surface area contributed by atoms with Crippen molar-refractivity contribution in [1.82, 2.24) is 10.2 Å². The van der Waals surface area contributed by atoms with Crippen LogP contribution in [0.1, 0.15) is 21.3 Å². The zero-order valence-electron chi connectivity index (χ0n) is 13.8. The second kappa shape index (κ2) is 6.81. The van der Waals surface area contributed by atoms with Crippen molar-refractivity contribution in [1.29, 1.82) is 0 Å². The summed E-state index contributed by atoms with van der Waals surface area (Å²) in [5.74, 6) is -2.93. The summed E-state index contributed by atoms with van der Waals surface area (Å²) in [7, 11) is 0.801. The summed E-state index contributed by atoms with van der Waals surface area (Å²) in [6.07, 6.45) is -5.26. The number of amides is 2. The largest absolute Gasteiger partial charge is 0.437 e. The molecule has 2 aromatic rings. The van der Waals surface area contributed by atoms with Gasteiger partial charge in [0.15, 0.2) is 5.78 Å². The second-order valence-corrected chi connectivity index (χ2v) is 7.46. The average Bonchev–Trinajstić information content (AvgIpc) is 3.13. The molecule has 0 radical (unpaired) electrons. The van der Waals surface area contributed by atoms with Crippen LogP contribution in [0.4, 0.5) is 18.0 Å². The first kappa shape index (κ1) is 19.7. The van der Waals surface area contributed by atoms with Crippen LogP contribution in [-0.2, 0) is 0 Å². The molecule has 2 heterocycles. The Morgan fingerprint density at radius 1 is 1.30 bits per heavy atom. The minimum Gasteiger partial charge on any atom is -0.363 e. The Morgan fingerprint density at radius 2 is 1.93 bits per heavy atom. The van der Waals surface area contributed by atoms with Crippen LogP contribution in [0.2, 0.25) is 5.02 Å². The molecule has 27 heavy (non-hydrogen) atoms. The van der Waals surface area contributed by atoms with E-state index in [1.54, 1.807) is 5.38 Å². The normalized spacial score (nSPS) is 26.0. The third-order valence-electron chi connectivity index (χ3n) is 4.55. The number of carbonyl (C=O) groups excluding carboxylic acids is 2. The third kappa shape index (κ3) is 3.19. The summed E-state index contributed by atoms with van der Waals surface area (Å²) < 4.78 is 41.7. The van der Waals surface area contributed by atoms with Crippen LogP contribution in [0.25, 0.3) is 0 Å². The minimum absolute atomic E-state index is 0.0474. The van der Waals surface area contributed by atoms with Crippen molar-refractivity contribution in [3.05, 3.63) is 57.2 Å². The Bertz CT molecular complexity index is 857. The number of hydrogen-bond acceptors (Lipinski definition) is 4. The van der Waals surface area contributed by atoms with E-state index in [1.807, 2.05) is 0 Å². The highest BCUT2D eigenvalue weighted by molar-refractivity contribution is 7.12. The zero-order valence-corrected chi connectivity index (χ0v) is 15.4. The molecule has 0 spiro atoms. The Labute approximate surface area is 161 Å². The molecule has 1 aliphatic heterocycles. The smallest absolute Gasteiger partial charge is 0.363 e. The number of rotatable bonds is 3. The molecule has 1 aliphatic rings.